The number of fused-ring (bicyclic) bond motifs is 10. The van der Waals surface area contributed by atoms with E-state index in [-0.39, 0.29) is 0 Å². The Balaban J connectivity index is 1.15. The van der Waals surface area contributed by atoms with Crippen LogP contribution in [0.15, 0.2) is 177 Å². The van der Waals surface area contributed by atoms with E-state index in [0.717, 1.165) is 28.2 Å². The number of hydrogen-bond donors (Lipinski definition) is 0. The number of aromatic nitrogens is 2. The molecule has 1 atom stereocenters. The van der Waals surface area contributed by atoms with E-state index in [1.807, 2.05) is 12.2 Å². The van der Waals surface area contributed by atoms with Gasteiger partial charge in [-0.3, -0.25) is 0 Å². The van der Waals surface area contributed by atoms with Crippen molar-refractivity contribution in [2.75, 3.05) is 4.90 Å². The van der Waals surface area contributed by atoms with Crippen LogP contribution in [0.25, 0.3) is 45.8 Å². The zero-order chi connectivity index (χ0) is 32.2. The molecule has 0 amide bonds. The van der Waals surface area contributed by atoms with E-state index < -0.39 is 5.66 Å². The summed E-state index contributed by atoms with van der Waals surface area (Å²) in [4.78, 5) is 2.29. The lowest BCUT2D eigenvalue weighted by molar-refractivity contribution is -0.955. The highest BCUT2D eigenvalue weighted by atomic mass is 15.3. The summed E-state index contributed by atoms with van der Waals surface area (Å²) in [5.74, 6) is 0. The van der Waals surface area contributed by atoms with Gasteiger partial charge in [0.05, 0.1) is 11.1 Å². The molecular weight excluding hydrogens is 583 g/mol. The van der Waals surface area contributed by atoms with Crippen molar-refractivity contribution in [2.24, 2.45) is 0 Å². The van der Waals surface area contributed by atoms with Crippen molar-refractivity contribution in [1.29, 1.82) is 0 Å². The van der Waals surface area contributed by atoms with Gasteiger partial charge in [0.25, 0.3) is 0 Å². The van der Waals surface area contributed by atoms with Crippen LogP contribution >= 0.6 is 0 Å². The second kappa shape index (κ2) is 10.9. The van der Waals surface area contributed by atoms with Crippen LogP contribution in [-0.4, -0.2) is 0 Å². The van der Waals surface area contributed by atoms with Crippen LogP contribution in [0.2, 0.25) is 0 Å². The Hall–Kier alpha value is -6.32. The van der Waals surface area contributed by atoms with Crippen molar-refractivity contribution < 1.29 is 9.13 Å². The first-order valence-corrected chi connectivity index (χ1v) is 16.3. The van der Waals surface area contributed by atoms with Crippen molar-refractivity contribution in [3.8, 4) is 33.6 Å². The molecule has 3 nitrogen and oxygen atoms in total. The van der Waals surface area contributed by atoms with Crippen LogP contribution in [0.4, 0.5) is 17.1 Å². The minimum absolute atomic E-state index is 0.482. The predicted molar refractivity (Wildman–Crippen MR) is 196 cm³/mol. The lowest BCUT2D eigenvalue weighted by atomic mass is 9.88. The minimum atomic E-state index is -0.482. The Morgan fingerprint density at radius 2 is 0.938 bits per heavy atom. The fourth-order valence-electron chi connectivity index (χ4n) is 7.69. The number of nitrogens with zero attached hydrogens (tertiary/aromatic N) is 3. The van der Waals surface area contributed by atoms with Crippen LogP contribution in [-0.2, 0) is 5.66 Å². The summed E-state index contributed by atoms with van der Waals surface area (Å²) < 4.78 is 4.90. The highest BCUT2D eigenvalue weighted by molar-refractivity contribution is 5.81. The molecule has 0 saturated carbocycles. The molecule has 1 unspecified atom stereocenters. The molecule has 0 aliphatic carbocycles. The van der Waals surface area contributed by atoms with E-state index in [0.29, 0.717) is 0 Å². The third-order valence-electron chi connectivity index (χ3n) is 9.90. The summed E-state index contributed by atoms with van der Waals surface area (Å²) in [6.45, 7) is 7.86. The molecular formula is C45H33N3+2. The fourth-order valence-corrected chi connectivity index (χ4v) is 7.69. The number of pyridine rings is 2. The monoisotopic (exact) mass is 615 g/mol. The second-order valence-electron chi connectivity index (χ2n) is 12.4. The molecule has 3 heteroatoms. The zero-order valence-electron chi connectivity index (χ0n) is 26.5. The summed E-state index contributed by atoms with van der Waals surface area (Å²) in [6.07, 6.45) is 8.20. The van der Waals surface area contributed by atoms with Crippen molar-refractivity contribution in [3.63, 3.8) is 0 Å². The number of hydrogen-bond acceptors (Lipinski definition) is 1. The molecule has 1 spiro atoms. The molecule has 2 aliphatic heterocycles. The van der Waals surface area contributed by atoms with Crippen molar-refractivity contribution in [3.05, 3.63) is 199 Å². The third kappa shape index (κ3) is 4.01. The summed E-state index contributed by atoms with van der Waals surface area (Å²) in [7, 11) is 0. The van der Waals surface area contributed by atoms with Crippen molar-refractivity contribution in [2.45, 2.75) is 5.66 Å². The van der Waals surface area contributed by atoms with Gasteiger partial charge in [-0.25, -0.2) is 0 Å². The summed E-state index contributed by atoms with van der Waals surface area (Å²) >= 11 is 0. The standard InChI is InChI=1S/C45H33N3/c1-3-32-15-22-36(23-16-32)48(37-24-17-33(4-2)18-25-37)38-26-19-34(20-27-38)35-21-28-42-40(31-35)44-14-8-10-30-47(44)45(42)41-12-6-5-11-39(41)43-13-7-9-29-46(43)45/h3-31H,1-2H2/q+2. The maximum atomic E-state index is 3.93. The average molecular weight is 616 g/mol. The van der Waals surface area contributed by atoms with E-state index in [1.165, 1.54) is 44.8 Å². The van der Waals surface area contributed by atoms with E-state index in [2.05, 4.69) is 191 Å². The molecule has 2 aliphatic rings. The maximum Gasteiger partial charge on any atom is 0.417 e. The molecule has 0 saturated heterocycles. The summed E-state index contributed by atoms with van der Waals surface area (Å²) in [5.41, 5.74) is 14.9. The van der Waals surface area contributed by atoms with Crippen LogP contribution < -0.4 is 14.0 Å². The predicted octanol–water partition coefficient (Wildman–Crippen LogP) is 9.94. The third-order valence-corrected chi connectivity index (χ3v) is 9.90. The quantitative estimate of drug-likeness (QED) is 0.169. The molecule has 9 rings (SSSR count). The molecule has 0 radical (unpaired) electrons. The Morgan fingerprint density at radius 3 is 1.52 bits per heavy atom. The van der Waals surface area contributed by atoms with Gasteiger partial charge in [-0.15, -0.1) is 9.13 Å². The molecule has 48 heavy (non-hydrogen) atoms. The van der Waals surface area contributed by atoms with Gasteiger partial charge in [-0.2, -0.15) is 0 Å². The average Bonchev–Trinajstić information content (AvgIpc) is 3.63. The topological polar surface area (TPSA) is 11.0 Å². The van der Waals surface area contributed by atoms with Crippen molar-refractivity contribution in [1.82, 2.24) is 0 Å². The normalized spacial score (nSPS) is 14.9. The molecule has 7 aromatic rings. The van der Waals surface area contributed by atoms with Gasteiger partial charge in [-0.1, -0.05) is 79.9 Å². The van der Waals surface area contributed by atoms with Gasteiger partial charge < -0.3 is 4.90 Å². The van der Waals surface area contributed by atoms with Gasteiger partial charge in [0.2, 0.25) is 11.4 Å². The molecule has 4 heterocycles. The Labute approximate surface area is 281 Å². The van der Waals surface area contributed by atoms with Gasteiger partial charge in [0.15, 0.2) is 12.4 Å². The lowest BCUT2D eigenvalue weighted by Crippen LogP contribution is -2.71. The molecule has 5 aromatic carbocycles. The van der Waals surface area contributed by atoms with Crippen LogP contribution in [0.3, 0.4) is 0 Å². The fraction of sp³-hybridized carbons (Fsp3) is 0.0222. The van der Waals surface area contributed by atoms with Crippen LogP contribution in [0, 0.1) is 0 Å². The molecule has 0 N–H and O–H groups in total. The van der Waals surface area contributed by atoms with Gasteiger partial charge >= 0.3 is 5.66 Å². The number of rotatable bonds is 6. The Bertz CT molecular complexity index is 2270. The largest absolute Gasteiger partial charge is 0.417 e. The first kappa shape index (κ1) is 27.9. The Kier molecular flexibility index (Phi) is 6.34. The van der Waals surface area contributed by atoms with E-state index in [4.69, 9.17) is 0 Å². The SMILES string of the molecule is C=Cc1ccc(N(c2ccc(C=C)cc2)c2ccc(-c3ccc4c(c3)-c3cccc[n+]3C43c4ccccc4-c4cccc[n+]43)cc2)cc1. The van der Waals surface area contributed by atoms with Crippen LogP contribution in [0.5, 0.6) is 0 Å². The van der Waals surface area contributed by atoms with E-state index >= 15 is 0 Å². The highest BCUT2D eigenvalue weighted by Crippen LogP contribution is 2.47. The Morgan fingerprint density at radius 1 is 0.458 bits per heavy atom. The van der Waals surface area contributed by atoms with E-state index in [1.54, 1.807) is 0 Å². The maximum absolute atomic E-state index is 3.93. The number of benzene rings is 5. The smallest absolute Gasteiger partial charge is 0.311 e. The molecule has 0 bridgehead atoms. The molecule has 226 valence electrons. The van der Waals surface area contributed by atoms with E-state index in [9.17, 15) is 0 Å². The zero-order valence-corrected chi connectivity index (χ0v) is 26.5. The first-order chi connectivity index (χ1) is 23.7. The summed E-state index contributed by atoms with van der Waals surface area (Å²) in [6, 6.07) is 54.8. The van der Waals surface area contributed by atoms with Crippen molar-refractivity contribution >= 4 is 29.2 Å². The minimum Gasteiger partial charge on any atom is -0.311 e. The second-order valence-corrected chi connectivity index (χ2v) is 12.4. The molecule has 2 aromatic heterocycles. The summed E-state index contributed by atoms with van der Waals surface area (Å²) in [5, 5.41) is 0. The number of anilines is 3. The van der Waals surface area contributed by atoms with Crippen LogP contribution in [0.1, 0.15) is 22.3 Å². The van der Waals surface area contributed by atoms with Gasteiger partial charge in [0, 0.05) is 41.3 Å². The lowest BCUT2D eigenvalue weighted by Gasteiger charge is -2.26. The van der Waals surface area contributed by atoms with Gasteiger partial charge in [0.1, 0.15) is 11.1 Å². The van der Waals surface area contributed by atoms with Gasteiger partial charge in [-0.05, 0) is 95.1 Å². The molecule has 0 fully saturated rings. The highest BCUT2D eigenvalue weighted by Gasteiger charge is 2.66. The first-order valence-electron chi connectivity index (χ1n) is 16.3.